The zero-order valence-corrected chi connectivity index (χ0v) is 13.2. The molecule has 0 radical (unpaired) electrons. The van der Waals surface area contributed by atoms with Gasteiger partial charge < -0.3 is 9.47 Å². The van der Waals surface area contributed by atoms with Crippen LogP contribution in [0.25, 0.3) is 0 Å². The maximum atomic E-state index is 13.2. The van der Waals surface area contributed by atoms with Crippen LogP contribution in [0.15, 0.2) is 40.9 Å². The predicted octanol–water partition coefficient (Wildman–Crippen LogP) is 4.91. The van der Waals surface area contributed by atoms with Gasteiger partial charge in [-0.15, -0.1) is 11.6 Å². The topological polar surface area (TPSA) is 18.5 Å². The molecule has 0 heterocycles. The summed E-state index contributed by atoms with van der Waals surface area (Å²) < 4.78 is 24.5. The van der Waals surface area contributed by atoms with Crippen LogP contribution in [0.4, 0.5) is 4.39 Å². The zero-order valence-electron chi connectivity index (χ0n) is 10.8. The molecule has 0 aliphatic carbocycles. The number of hydrogen-bond acceptors (Lipinski definition) is 2. The second-order valence-electron chi connectivity index (χ2n) is 4.16. The number of methoxy groups -OCH3 is 1. The summed E-state index contributed by atoms with van der Waals surface area (Å²) >= 11 is 8.96. The van der Waals surface area contributed by atoms with Crippen molar-refractivity contribution in [3.8, 4) is 11.5 Å². The summed E-state index contributed by atoms with van der Waals surface area (Å²) in [6.07, 6.45) is 0. The second kappa shape index (κ2) is 6.95. The summed E-state index contributed by atoms with van der Waals surface area (Å²) in [5.41, 5.74) is 1.80. The largest absolute Gasteiger partial charge is 0.493 e. The maximum Gasteiger partial charge on any atom is 0.161 e. The molecule has 0 aliphatic heterocycles. The van der Waals surface area contributed by atoms with Gasteiger partial charge in [0.15, 0.2) is 11.5 Å². The van der Waals surface area contributed by atoms with Gasteiger partial charge in [0.1, 0.15) is 12.4 Å². The monoisotopic (exact) mass is 358 g/mol. The van der Waals surface area contributed by atoms with Crippen LogP contribution in [-0.2, 0) is 12.5 Å². The summed E-state index contributed by atoms with van der Waals surface area (Å²) in [5, 5.41) is 0. The van der Waals surface area contributed by atoms with Crippen molar-refractivity contribution in [3.63, 3.8) is 0 Å². The van der Waals surface area contributed by atoms with E-state index in [0.717, 1.165) is 11.1 Å². The van der Waals surface area contributed by atoms with E-state index < -0.39 is 0 Å². The summed E-state index contributed by atoms with van der Waals surface area (Å²) in [7, 11) is 1.58. The molecule has 0 spiro atoms. The lowest BCUT2D eigenvalue weighted by Crippen LogP contribution is -1.99. The molecule has 0 fully saturated rings. The van der Waals surface area contributed by atoms with E-state index in [1.165, 1.54) is 6.07 Å². The Labute approximate surface area is 130 Å². The molecule has 5 heteroatoms. The minimum absolute atomic E-state index is 0.296. The van der Waals surface area contributed by atoms with Crippen LogP contribution < -0.4 is 9.47 Å². The van der Waals surface area contributed by atoms with Crippen LogP contribution >= 0.6 is 27.5 Å². The highest BCUT2D eigenvalue weighted by Crippen LogP contribution is 2.29. The van der Waals surface area contributed by atoms with Gasteiger partial charge in [-0.3, -0.25) is 0 Å². The molecular weight excluding hydrogens is 347 g/mol. The number of alkyl halides is 1. The van der Waals surface area contributed by atoms with Gasteiger partial charge >= 0.3 is 0 Å². The van der Waals surface area contributed by atoms with Crippen LogP contribution in [0.1, 0.15) is 11.1 Å². The lowest BCUT2D eigenvalue weighted by molar-refractivity contribution is 0.284. The Hall–Kier alpha value is -1.26. The highest BCUT2D eigenvalue weighted by atomic mass is 79.9. The minimum atomic E-state index is -0.296. The fourth-order valence-electron chi connectivity index (χ4n) is 1.71. The number of halogens is 3. The Morgan fingerprint density at radius 1 is 1.10 bits per heavy atom. The molecule has 2 aromatic rings. The molecule has 0 unspecified atom stereocenters. The standard InChI is InChI=1S/C15H13BrClFO2/c1-19-14-5-3-10(8-17)7-15(14)20-9-11-2-4-13(18)12(16)6-11/h2-7H,8-9H2,1H3. The van der Waals surface area contributed by atoms with Gasteiger partial charge in [-0.25, -0.2) is 4.39 Å². The van der Waals surface area contributed by atoms with Crippen LogP contribution in [0, 0.1) is 5.82 Å². The predicted molar refractivity (Wildman–Crippen MR) is 81.0 cm³/mol. The maximum absolute atomic E-state index is 13.2. The van der Waals surface area contributed by atoms with Crippen molar-refractivity contribution in [1.29, 1.82) is 0 Å². The van der Waals surface area contributed by atoms with Crippen LogP contribution in [0.2, 0.25) is 0 Å². The zero-order chi connectivity index (χ0) is 14.5. The van der Waals surface area contributed by atoms with Gasteiger partial charge in [-0.2, -0.15) is 0 Å². The Morgan fingerprint density at radius 3 is 2.50 bits per heavy atom. The Kier molecular flexibility index (Phi) is 5.26. The van der Waals surface area contributed by atoms with E-state index >= 15 is 0 Å². The normalized spacial score (nSPS) is 10.4. The van der Waals surface area contributed by atoms with E-state index in [0.29, 0.717) is 28.5 Å². The molecule has 20 heavy (non-hydrogen) atoms. The molecule has 106 valence electrons. The molecule has 0 amide bonds. The first kappa shape index (κ1) is 15.1. The molecule has 0 saturated carbocycles. The molecule has 0 aromatic heterocycles. The van der Waals surface area contributed by atoms with E-state index in [4.69, 9.17) is 21.1 Å². The third kappa shape index (κ3) is 3.64. The third-order valence-corrected chi connectivity index (χ3v) is 3.68. The lowest BCUT2D eigenvalue weighted by Gasteiger charge is -2.12. The number of hydrogen-bond donors (Lipinski definition) is 0. The molecule has 2 rings (SSSR count). The molecule has 0 aliphatic rings. The van der Waals surface area contributed by atoms with Crippen molar-refractivity contribution in [3.05, 3.63) is 57.8 Å². The van der Waals surface area contributed by atoms with E-state index in [1.54, 1.807) is 19.2 Å². The van der Waals surface area contributed by atoms with Crippen molar-refractivity contribution in [2.24, 2.45) is 0 Å². The van der Waals surface area contributed by atoms with E-state index in [1.807, 2.05) is 18.2 Å². The van der Waals surface area contributed by atoms with Crippen molar-refractivity contribution >= 4 is 27.5 Å². The fraction of sp³-hybridized carbons (Fsp3) is 0.200. The van der Waals surface area contributed by atoms with Gasteiger partial charge in [0.2, 0.25) is 0 Å². The van der Waals surface area contributed by atoms with Gasteiger partial charge in [-0.1, -0.05) is 12.1 Å². The van der Waals surface area contributed by atoms with Crippen LogP contribution in [0.3, 0.4) is 0 Å². The van der Waals surface area contributed by atoms with Crippen molar-refractivity contribution in [1.82, 2.24) is 0 Å². The SMILES string of the molecule is COc1ccc(CCl)cc1OCc1ccc(F)c(Br)c1. The molecular formula is C15H13BrClFO2. The highest BCUT2D eigenvalue weighted by molar-refractivity contribution is 9.10. The van der Waals surface area contributed by atoms with Crippen LogP contribution in [-0.4, -0.2) is 7.11 Å². The number of ether oxygens (including phenoxy) is 2. The van der Waals surface area contributed by atoms with Gasteiger partial charge in [-0.05, 0) is 51.3 Å². The summed E-state index contributed by atoms with van der Waals surface area (Å²) in [4.78, 5) is 0. The van der Waals surface area contributed by atoms with E-state index in [2.05, 4.69) is 15.9 Å². The van der Waals surface area contributed by atoms with Crippen LogP contribution in [0.5, 0.6) is 11.5 Å². The first-order valence-corrected chi connectivity index (χ1v) is 7.26. The van der Waals surface area contributed by atoms with Gasteiger partial charge in [0.05, 0.1) is 11.6 Å². The van der Waals surface area contributed by atoms with Gasteiger partial charge in [0.25, 0.3) is 0 Å². The molecule has 2 aromatic carbocycles. The Bertz CT molecular complexity index is 604. The Balaban J connectivity index is 2.15. The first-order chi connectivity index (χ1) is 9.63. The third-order valence-electron chi connectivity index (χ3n) is 2.76. The molecule has 2 nitrogen and oxygen atoms in total. The minimum Gasteiger partial charge on any atom is -0.493 e. The second-order valence-corrected chi connectivity index (χ2v) is 5.28. The first-order valence-electron chi connectivity index (χ1n) is 5.93. The number of benzene rings is 2. The highest BCUT2D eigenvalue weighted by Gasteiger charge is 2.07. The fourth-order valence-corrected chi connectivity index (χ4v) is 2.30. The quantitative estimate of drug-likeness (QED) is 0.706. The average molecular weight is 360 g/mol. The average Bonchev–Trinajstić information content (AvgIpc) is 2.48. The molecule has 0 N–H and O–H groups in total. The van der Waals surface area contributed by atoms with Gasteiger partial charge in [0, 0.05) is 5.88 Å². The molecule has 0 bridgehead atoms. The van der Waals surface area contributed by atoms with E-state index in [9.17, 15) is 4.39 Å². The summed E-state index contributed by atoms with van der Waals surface area (Å²) in [6, 6.07) is 10.3. The lowest BCUT2D eigenvalue weighted by atomic mass is 10.2. The smallest absolute Gasteiger partial charge is 0.161 e. The Morgan fingerprint density at radius 2 is 1.85 bits per heavy atom. The summed E-state index contributed by atoms with van der Waals surface area (Å²) in [6.45, 7) is 0.320. The van der Waals surface area contributed by atoms with Crippen molar-refractivity contribution < 1.29 is 13.9 Å². The molecule has 0 saturated heterocycles. The van der Waals surface area contributed by atoms with Crippen molar-refractivity contribution in [2.75, 3.05) is 7.11 Å². The van der Waals surface area contributed by atoms with E-state index in [-0.39, 0.29) is 5.82 Å². The molecule has 0 atom stereocenters. The summed E-state index contributed by atoms with van der Waals surface area (Å²) in [5.74, 6) is 1.37. The van der Waals surface area contributed by atoms with Crippen molar-refractivity contribution in [2.45, 2.75) is 12.5 Å². The number of rotatable bonds is 5.